The van der Waals surface area contributed by atoms with Crippen LogP contribution in [-0.4, -0.2) is 18.0 Å². The Morgan fingerprint density at radius 3 is 2.79 bits per heavy atom. The van der Waals surface area contributed by atoms with E-state index < -0.39 is 0 Å². The number of allylic oxidation sites excluding steroid dienone is 1. The quantitative estimate of drug-likeness (QED) is 0.628. The first-order valence-electron chi connectivity index (χ1n) is 7.18. The Balaban J connectivity index is 1.86. The normalized spacial score (nSPS) is 47.7. The highest BCUT2D eigenvalue weighted by molar-refractivity contribution is 5.83. The van der Waals surface area contributed by atoms with Crippen LogP contribution >= 0.6 is 0 Å². The molecule has 1 saturated carbocycles. The van der Waals surface area contributed by atoms with Crippen molar-refractivity contribution in [1.82, 2.24) is 0 Å². The molecule has 0 aromatic carbocycles. The predicted octanol–water partition coefficient (Wildman–Crippen LogP) is 2.19. The first kappa shape index (κ1) is 11.5. The van der Waals surface area contributed by atoms with Gasteiger partial charge in [-0.05, 0) is 25.7 Å². The van der Waals surface area contributed by atoms with Gasteiger partial charge in [0.15, 0.2) is 0 Å². The standard InChI is InChI=1S/C15H18O4/c1-7-11-10(18-13(7)16)6-8-4-3-5-9-14(17)19-12(11)15(8,9)2/h7-9,12H,3-6H2,1-2H3/t7-,8-,9-,12+,15+/m1/s1. The van der Waals surface area contributed by atoms with E-state index in [1.165, 1.54) is 0 Å². The van der Waals surface area contributed by atoms with Gasteiger partial charge in [0.2, 0.25) is 0 Å². The minimum Gasteiger partial charge on any atom is -0.457 e. The Kier molecular flexibility index (Phi) is 2.06. The first-order chi connectivity index (χ1) is 9.03. The molecule has 2 heterocycles. The molecule has 102 valence electrons. The highest BCUT2D eigenvalue weighted by atomic mass is 16.6. The summed E-state index contributed by atoms with van der Waals surface area (Å²) in [4.78, 5) is 24.0. The zero-order valence-corrected chi connectivity index (χ0v) is 11.3. The Morgan fingerprint density at radius 2 is 2.00 bits per heavy atom. The summed E-state index contributed by atoms with van der Waals surface area (Å²) in [6.07, 6.45) is 3.65. The highest BCUT2D eigenvalue weighted by Crippen LogP contribution is 2.61. The lowest BCUT2D eigenvalue weighted by molar-refractivity contribution is -0.144. The van der Waals surface area contributed by atoms with Gasteiger partial charge in [0.1, 0.15) is 11.9 Å². The summed E-state index contributed by atoms with van der Waals surface area (Å²) >= 11 is 0. The highest BCUT2D eigenvalue weighted by Gasteiger charge is 2.64. The number of esters is 2. The van der Waals surface area contributed by atoms with E-state index in [0.717, 1.165) is 37.0 Å². The molecule has 4 rings (SSSR count). The number of carbonyl (C=O) groups excluding carboxylic acids is 2. The van der Waals surface area contributed by atoms with Crippen LogP contribution in [0.4, 0.5) is 0 Å². The third-order valence-corrected chi connectivity index (χ3v) is 5.84. The van der Waals surface area contributed by atoms with Gasteiger partial charge in [0.05, 0.1) is 11.8 Å². The average Bonchev–Trinajstić information content (AvgIpc) is 2.78. The molecule has 4 nitrogen and oxygen atoms in total. The van der Waals surface area contributed by atoms with E-state index in [-0.39, 0.29) is 35.3 Å². The van der Waals surface area contributed by atoms with Gasteiger partial charge in [-0.1, -0.05) is 13.3 Å². The lowest BCUT2D eigenvalue weighted by Crippen LogP contribution is -2.47. The fourth-order valence-corrected chi connectivity index (χ4v) is 4.68. The number of hydrogen-bond acceptors (Lipinski definition) is 4. The Hall–Kier alpha value is -1.32. The summed E-state index contributed by atoms with van der Waals surface area (Å²) in [5.74, 6) is 0.684. The minimum atomic E-state index is -0.258. The van der Waals surface area contributed by atoms with E-state index in [9.17, 15) is 9.59 Å². The van der Waals surface area contributed by atoms with Crippen molar-refractivity contribution < 1.29 is 19.1 Å². The van der Waals surface area contributed by atoms with E-state index in [2.05, 4.69) is 6.92 Å². The monoisotopic (exact) mass is 262 g/mol. The molecule has 1 saturated heterocycles. The lowest BCUT2D eigenvalue weighted by Gasteiger charge is -2.46. The Labute approximate surface area is 112 Å². The fourth-order valence-electron chi connectivity index (χ4n) is 4.68. The molecule has 0 unspecified atom stereocenters. The van der Waals surface area contributed by atoms with E-state index in [1.807, 2.05) is 6.92 Å². The fraction of sp³-hybridized carbons (Fsp3) is 0.733. The number of fused-ring (bicyclic) bond motifs is 1. The van der Waals surface area contributed by atoms with Crippen LogP contribution in [0.1, 0.15) is 39.5 Å². The summed E-state index contributed by atoms with van der Waals surface area (Å²) in [5, 5.41) is 0. The molecule has 4 aliphatic rings. The second kappa shape index (κ2) is 3.41. The molecule has 0 spiro atoms. The van der Waals surface area contributed by atoms with Crippen LogP contribution in [-0.2, 0) is 19.1 Å². The van der Waals surface area contributed by atoms with Crippen molar-refractivity contribution in [3.05, 3.63) is 11.3 Å². The zero-order chi connectivity index (χ0) is 13.4. The van der Waals surface area contributed by atoms with Crippen LogP contribution in [0.25, 0.3) is 0 Å². The third kappa shape index (κ3) is 1.20. The van der Waals surface area contributed by atoms with Gasteiger partial charge in [0, 0.05) is 17.4 Å². The lowest BCUT2D eigenvalue weighted by atomic mass is 9.55. The second-order valence-corrected chi connectivity index (χ2v) is 6.59. The maximum Gasteiger partial charge on any atom is 0.318 e. The zero-order valence-electron chi connectivity index (χ0n) is 11.3. The molecule has 0 amide bonds. The van der Waals surface area contributed by atoms with Gasteiger partial charge in [-0.15, -0.1) is 0 Å². The second-order valence-electron chi connectivity index (χ2n) is 6.59. The van der Waals surface area contributed by atoms with Crippen LogP contribution < -0.4 is 0 Å². The van der Waals surface area contributed by atoms with E-state index >= 15 is 0 Å². The number of rotatable bonds is 0. The van der Waals surface area contributed by atoms with Gasteiger partial charge in [-0.3, -0.25) is 9.59 Å². The Bertz CT molecular complexity index is 520. The topological polar surface area (TPSA) is 52.6 Å². The molecule has 0 radical (unpaired) electrons. The largest absolute Gasteiger partial charge is 0.457 e. The van der Waals surface area contributed by atoms with E-state index in [0.29, 0.717) is 5.92 Å². The van der Waals surface area contributed by atoms with Crippen molar-refractivity contribution in [1.29, 1.82) is 0 Å². The number of hydrogen-bond donors (Lipinski definition) is 0. The predicted molar refractivity (Wildman–Crippen MR) is 65.7 cm³/mol. The van der Waals surface area contributed by atoms with Crippen molar-refractivity contribution >= 4 is 11.9 Å². The smallest absolute Gasteiger partial charge is 0.318 e. The number of ether oxygens (including phenoxy) is 2. The summed E-state index contributed by atoms with van der Waals surface area (Å²) in [7, 11) is 0. The molecular formula is C15H18O4. The summed E-state index contributed by atoms with van der Waals surface area (Å²) in [6, 6.07) is 0. The Morgan fingerprint density at radius 1 is 1.21 bits per heavy atom. The first-order valence-corrected chi connectivity index (χ1v) is 7.18. The van der Waals surface area contributed by atoms with Gasteiger partial charge in [0.25, 0.3) is 0 Å². The summed E-state index contributed by atoms with van der Waals surface area (Å²) < 4.78 is 11.1. The molecule has 0 aromatic heterocycles. The molecule has 0 bridgehead atoms. The van der Waals surface area contributed by atoms with Crippen LogP contribution in [0.2, 0.25) is 0 Å². The van der Waals surface area contributed by atoms with E-state index in [4.69, 9.17) is 9.47 Å². The van der Waals surface area contributed by atoms with Crippen molar-refractivity contribution in [2.75, 3.05) is 0 Å². The van der Waals surface area contributed by atoms with Crippen molar-refractivity contribution in [3.63, 3.8) is 0 Å². The number of carbonyl (C=O) groups is 2. The summed E-state index contributed by atoms with van der Waals surface area (Å²) in [5.41, 5.74) is 0.817. The van der Waals surface area contributed by atoms with Crippen molar-refractivity contribution in [2.24, 2.45) is 23.2 Å². The molecule has 2 aliphatic heterocycles. The molecule has 4 heteroatoms. The minimum absolute atomic E-state index is 0.00759. The maximum absolute atomic E-state index is 12.2. The molecule has 0 N–H and O–H groups in total. The van der Waals surface area contributed by atoms with Crippen LogP contribution in [0.15, 0.2) is 11.3 Å². The van der Waals surface area contributed by atoms with Gasteiger partial charge < -0.3 is 9.47 Å². The van der Waals surface area contributed by atoms with E-state index in [1.54, 1.807) is 0 Å². The van der Waals surface area contributed by atoms with Crippen LogP contribution in [0, 0.1) is 23.2 Å². The SMILES string of the molecule is C[C@H]1C(=O)OC2=C1[C@@H]1OC(=O)[C@H]3CCC[C@H](C2)[C@@]31C. The van der Waals surface area contributed by atoms with Crippen molar-refractivity contribution in [2.45, 2.75) is 45.6 Å². The van der Waals surface area contributed by atoms with Gasteiger partial charge >= 0.3 is 11.9 Å². The molecular weight excluding hydrogens is 244 g/mol. The average molecular weight is 262 g/mol. The molecule has 0 aromatic rings. The molecule has 5 atom stereocenters. The van der Waals surface area contributed by atoms with Crippen molar-refractivity contribution in [3.8, 4) is 0 Å². The maximum atomic E-state index is 12.2. The molecule has 2 fully saturated rings. The molecule has 19 heavy (non-hydrogen) atoms. The van der Waals surface area contributed by atoms with Gasteiger partial charge in [-0.25, -0.2) is 0 Å². The van der Waals surface area contributed by atoms with Crippen LogP contribution in [0.3, 0.4) is 0 Å². The van der Waals surface area contributed by atoms with Crippen LogP contribution in [0.5, 0.6) is 0 Å². The molecule has 2 aliphatic carbocycles. The van der Waals surface area contributed by atoms with Gasteiger partial charge in [-0.2, -0.15) is 0 Å². The summed E-state index contributed by atoms with van der Waals surface area (Å²) in [6.45, 7) is 4.04. The third-order valence-electron chi connectivity index (χ3n) is 5.84.